The summed E-state index contributed by atoms with van der Waals surface area (Å²) in [6.07, 6.45) is 7.44. The number of fused-ring (bicyclic) bond motifs is 1. The third-order valence-corrected chi connectivity index (χ3v) is 4.68. The van der Waals surface area contributed by atoms with E-state index in [1.54, 1.807) is 6.20 Å². The highest BCUT2D eigenvalue weighted by Crippen LogP contribution is 2.30. The molecule has 5 nitrogen and oxygen atoms in total. The van der Waals surface area contributed by atoms with E-state index in [1.165, 1.54) is 17.3 Å². The van der Waals surface area contributed by atoms with E-state index in [9.17, 15) is 0 Å². The van der Waals surface area contributed by atoms with E-state index in [1.807, 2.05) is 24.3 Å². The monoisotopic (exact) mass is 363 g/mol. The van der Waals surface area contributed by atoms with Gasteiger partial charge < -0.3 is 10.6 Å². The van der Waals surface area contributed by atoms with E-state index in [-0.39, 0.29) is 6.04 Å². The molecule has 2 aromatic carbocycles. The molecule has 0 saturated carbocycles. The molecule has 0 fully saturated rings. The van der Waals surface area contributed by atoms with Gasteiger partial charge in [-0.3, -0.25) is 0 Å². The molecule has 130 valence electrons. The van der Waals surface area contributed by atoms with Gasteiger partial charge in [0.05, 0.1) is 12.2 Å². The van der Waals surface area contributed by atoms with Crippen molar-refractivity contribution in [2.24, 2.45) is 5.73 Å². The van der Waals surface area contributed by atoms with E-state index in [2.05, 4.69) is 50.4 Å². The van der Waals surface area contributed by atoms with Gasteiger partial charge in [-0.1, -0.05) is 54.1 Å². The van der Waals surface area contributed by atoms with Crippen LogP contribution in [0.2, 0.25) is 5.02 Å². The molecule has 0 bridgehead atoms. The Morgan fingerprint density at radius 3 is 2.73 bits per heavy atom. The summed E-state index contributed by atoms with van der Waals surface area (Å²) < 4.78 is 0. The largest absolute Gasteiger partial charge is 0.363 e. The number of aromatic nitrogens is 3. The molecule has 0 radical (unpaired) electrons. The van der Waals surface area contributed by atoms with Gasteiger partial charge in [-0.2, -0.15) is 5.10 Å². The molecule has 1 aromatic heterocycles. The molecule has 2 N–H and O–H groups in total. The van der Waals surface area contributed by atoms with Crippen molar-refractivity contribution in [3.8, 4) is 0 Å². The van der Waals surface area contributed by atoms with Crippen LogP contribution >= 0.6 is 11.6 Å². The van der Waals surface area contributed by atoms with Crippen molar-refractivity contribution in [3.05, 3.63) is 88.5 Å². The molecule has 26 heavy (non-hydrogen) atoms. The fraction of sp³-hybridized carbons (Fsp3) is 0.150. The average molecular weight is 364 g/mol. The second-order valence-corrected chi connectivity index (χ2v) is 6.64. The lowest BCUT2D eigenvalue weighted by Crippen LogP contribution is -2.25. The predicted molar refractivity (Wildman–Crippen MR) is 104 cm³/mol. The Bertz CT molecular complexity index is 925. The minimum atomic E-state index is -0.379. The molecule has 3 aromatic rings. The van der Waals surface area contributed by atoms with E-state index in [4.69, 9.17) is 17.3 Å². The number of nitrogens with two attached hydrogens (primary N) is 1. The molecular weight excluding hydrogens is 346 g/mol. The first-order chi connectivity index (χ1) is 12.7. The molecule has 1 aliphatic heterocycles. The Morgan fingerprint density at radius 2 is 1.96 bits per heavy atom. The standard InChI is InChI=1S/C20H18ClN5/c21-17-8-7-15-2-1-11-26(18(15)12-17)13-14-3-5-16(6-4-14)19(22)20-23-9-10-24-25-20/h1-10,12,19H,11,13,22H2. The quantitative estimate of drug-likeness (QED) is 0.767. The zero-order valence-corrected chi connectivity index (χ0v) is 14.8. The van der Waals surface area contributed by atoms with Crippen molar-refractivity contribution in [1.82, 2.24) is 15.2 Å². The van der Waals surface area contributed by atoms with Crippen molar-refractivity contribution in [2.45, 2.75) is 12.6 Å². The second kappa shape index (κ2) is 7.23. The molecule has 1 unspecified atom stereocenters. The normalized spacial score (nSPS) is 14.2. The molecule has 1 aliphatic rings. The van der Waals surface area contributed by atoms with Gasteiger partial charge in [0.15, 0.2) is 5.82 Å². The number of anilines is 1. The van der Waals surface area contributed by atoms with E-state index < -0.39 is 0 Å². The number of halogens is 1. The number of hydrogen-bond donors (Lipinski definition) is 1. The van der Waals surface area contributed by atoms with Crippen LogP contribution in [0, 0.1) is 0 Å². The minimum Gasteiger partial charge on any atom is -0.363 e. The van der Waals surface area contributed by atoms with Crippen molar-refractivity contribution < 1.29 is 0 Å². The predicted octanol–water partition coefficient (Wildman–Crippen LogP) is 3.61. The topological polar surface area (TPSA) is 67.9 Å². The second-order valence-electron chi connectivity index (χ2n) is 6.21. The van der Waals surface area contributed by atoms with E-state index in [0.717, 1.165) is 29.4 Å². The molecule has 4 rings (SSSR count). The Kier molecular flexibility index (Phi) is 4.65. The highest BCUT2D eigenvalue weighted by molar-refractivity contribution is 6.31. The van der Waals surface area contributed by atoms with Crippen LogP contribution in [0.3, 0.4) is 0 Å². The maximum Gasteiger partial charge on any atom is 0.172 e. The summed E-state index contributed by atoms with van der Waals surface area (Å²) in [5, 5.41) is 8.58. The summed E-state index contributed by atoms with van der Waals surface area (Å²) in [5.74, 6) is 0.519. The van der Waals surface area contributed by atoms with Gasteiger partial charge in [-0.15, -0.1) is 5.10 Å². The summed E-state index contributed by atoms with van der Waals surface area (Å²) in [6, 6.07) is 13.8. The maximum absolute atomic E-state index is 6.23. The summed E-state index contributed by atoms with van der Waals surface area (Å²) in [4.78, 5) is 6.48. The van der Waals surface area contributed by atoms with Gasteiger partial charge in [0, 0.05) is 30.0 Å². The highest BCUT2D eigenvalue weighted by Gasteiger charge is 2.15. The van der Waals surface area contributed by atoms with E-state index >= 15 is 0 Å². The Hall–Kier alpha value is -2.76. The number of nitrogens with zero attached hydrogens (tertiary/aromatic N) is 4. The average Bonchev–Trinajstić information content (AvgIpc) is 2.69. The van der Waals surface area contributed by atoms with Crippen molar-refractivity contribution in [1.29, 1.82) is 0 Å². The number of benzene rings is 2. The van der Waals surface area contributed by atoms with Crippen molar-refractivity contribution >= 4 is 23.4 Å². The minimum absolute atomic E-state index is 0.379. The Balaban J connectivity index is 1.52. The van der Waals surface area contributed by atoms with Crippen LogP contribution in [0.5, 0.6) is 0 Å². The van der Waals surface area contributed by atoms with Crippen LogP contribution in [0.15, 0.2) is 60.9 Å². The molecule has 2 heterocycles. The lowest BCUT2D eigenvalue weighted by molar-refractivity contribution is 0.740. The van der Waals surface area contributed by atoms with Gasteiger partial charge in [0.1, 0.15) is 0 Å². The van der Waals surface area contributed by atoms with Crippen LogP contribution in [-0.2, 0) is 6.54 Å². The molecule has 0 saturated heterocycles. The number of hydrogen-bond acceptors (Lipinski definition) is 5. The van der Waals surface area contributed by atoms with Gasteiger partial charge in [-0.05, 0) is 28.8 Å². The Morgan fingerprint density at radius 1 is 1.12 bits per heavy atom. The summed E-state index contributed by atoms with van der Waals surface area (Å²) in [6.45, 7) is 1.66. The first-order valence-corrected chi connectivity index (χ1v) is 8.77. The summed E-state index contributed by atoms with van der Waals surface area (Å²) in [5.41, 5.74) is 10.7. The zero-order chi connectivity index (χ0) is 17.9. The smallest absolute Gasteiger partial charge is 0.172 e. The highest BCUT2D eigenvalue weighted by atomic mass is 35.5. The summed E-state index contributed by atoms with van der Waals surface area (Å²) in [7, 11) is 0. The molecule has 6 heteroatoms. The molecular formula is C20H18ClN5. The lowest BCUT2D eigenvalue weighted by Gasteiger charge is -2.28. The third kappa shape index (κ3) is 3.45. The van der Waals surface area contributed by atoms with Crippen LogP contribution in [-0.4, -0.2) is 21.7 Å². The van der Waals surface area contributed by atoms with Crippen LogP contribution in [0.25, 0.3) is 6.08 Å². The van der Waals surface area contributed by atoms with E-state index in [0.29, 0.717) is 5.82 Å². The number of rotatable bonds is 4. The SMILES string of the molecule is NC(c1ccc(CN2CC=Cc3ccc(Cl)cc32)cc1)c1nccnn1. The molecule has 0 aliphatic carbocycles. The first kappa shape index (κ1) is 16.7. The maximum atomic E-state index is 6.23. The van der Waals surface area contributed by atoms with Crippen LogP contribution in [0.4, 0.5) is 5.69 Å². The fourth-order valence-electron chi connectivity index (χ4n) is 3.09. The van der Waals surface area contributed by atoms with Gasteiger partial charge in [0.2, 0.25) is 0 Å². The van der Waals surface area contributed by atoms with Gasteiger partial charge in [0.25, 0.3) is 0 Å². The van der Waals surface area contributed by atoms with Crippen LogP contribution < -0.4 is 10.6 Å². The first-order valence-electron chi connectivity index (χ1n) is 8.40. The van der Waals surface area contributed by atoms with Crippen molar-refractivity contribution in [3.63, 3.8) is 0 Å². The van der Waals surface area contributed by atoms with Gasteiger partial charge >= 0.3 is 0 Å². The van der Waals surface area contributed by atoms with Gasteiger partial charge in [-0.25, -0.2) is 4.98 Å². The zero-order valence-electron chi connectivity index (χ0n) is 14.1. The molecule has 0 amide bonds. The van der Waals surface area contributed by atoms with Crippen LogP contribution in [0.1, 0.15) is 28.6 Å². The summed E-state index contributed by atoms with van der Waals surface area (Å²) >= 11 is 6.18. The lowest BCUT2D eigenvalue weighted by atomic mass is 10.0. The molecule has 0 spiro atoms. The van der Waals surface area contributed by atoms with Crippen molar-refractivity contribution in [2.75, 3.05) is 11.4 Å². The Labute approximate surface area is 157 Å². The molecule has 1 atom stereocenters. The third-order valence-electron chi connectivity index (χ3n) is 4.45. The fourth-order valence-corrected chi connectivity index (χ4v) is 3.25.